The number of nitrogens with one attached hydrogen (secondary N) is 4. The quantitative estimate of drug-likeness (QED) is 0.102. The SMILES string of the molecule is CC(C)[C@H](NC(=O)[C@H](CC(=O)O)NC(=O)[C@H](C)NC(=O)[C@@H](N)CC(=O)O)C(=O)N[C@@H](Cc1ccc(O)cc1)C(=O)O. The largest absolute Gasteiger partial charge is 0.508 e. The van der Waals surface area contributed by atoms with Crippen LogP contribution in [0.4, 0.5) is 0 Å². The fourth-order valence-corrected chi connectivity index (χ4v) is 3.47. The summed E-state index contributed by atoms with van der Waals surface area (Å²) in [4.78, 5) is 84.4. The number of aromatic hydroxyl groups is 1. The fourth-order valence-electron chi connectivity index (χ4n) is 3.47. The number of carbonyl (C=O) groups is 7. The summed E-state index contributed by atoms with van der Waals surface area (Å²) >= 11 is 0. The molecule has 1 aromatic carbocycles. The summed E-state index contributed by atoms with van der Waals surface area (Å²) in [5, 5.41) is 46.0. The minimum absolute atomic E-state index is 0.0335. The zero-order valence-corrected chi connectivity index (χ0v) is 22.6. The van der Waals surface area contributed by atoms with Gasteiger partial charge in [-0.25, -0.2) is 4.79 Å². The van der Waals surface area contributed by atoms with Gasteiger partial charge in [-0.3, -0.25) is 28.8 Å². The van der Waals surface area contributed by atoms with Crippen LogP contribution in [0.5, 0.6) is 5.75 Å². The predicted molar refractivity (Wildman–Crippen MR) is 140 cm³/mol. The van der Waals surface area contributed by atoms with Crippen LogP contribution < -0.4 is 27.0 Å². The molecule has 0 aromatic heterocycles. The standard InChI is InChI=1S/C25H35N5O11/c1-11(2)20(24(39)29-17(25(40)41)8-13-4-6-14(31)7-5-13)30-23(38)16(10-19(34)35)28-21(36)12(3)27-22(37)15(26)9-18(32)33/h4-7,11-12,15-17,20,31H,8-10,26H2,1-3H3,(H,27,37)(H,28,36)(H,29,39)(H,30,38)(H,32,33)(H,34,35)(H,40,41)/t12-,15-,16-,17-,20-/m0/s1. The maximum absolute atomic E-state index is 13.0. The molecule has 0 fully saturated rings. The van der Waals surface area contributed by atoms with Crippen molar-refractivity contribution in [1.29, 1.82) is 0 Å². The average molecular weight is 582 g/mol. The van der Waals surface area contributed by atoms with Crippen molar-refractivity contribution in [3.05, 3.63) is 29.8 Å². The van der Waals surface area contributed by atoms with Crippen molar-refractivity contribution in [2.45, 2.75) is 70.2 Å². The first-order chi connectivity index (χ1) is 19.0. The highest BCUT2D eigenvalue weighted by molar-refractivity contribution is 5.97. The molecule has 0 saturated carbocycles. The maximum atomic E-state index is 13.0. The van der Waals surface area contributed by atoms with Gasteiger partial charge in [0.15, 0.2) is 0 Å². The van der Waals surface area contributed by atoms with Crippen LogP contribution in [-0.2, 0) is 40.0 Å². The van der Waals surface area contributed by atoms with Crippen LogP contribution in [0, 0.1) is 5.92 Å². The monoisotopic (exact) mass is 581 g/mol. The molecule has 41 heavy (non-hydrogen) atoms. The summed E-state index contributed by atoms with van der Waals surface area (Å²) in [5.74, 6) is -8.73. The van der Waals surface area contributed by atoms with Gasteiger partial charge in [-0.1, -0.05) is 26.0 Å². The molecule has 0 saturated heterocycles. The molecule has 5 atom stereocenters. The van der Waals surface area contributed by atoms with E-state index in [1.54, 1.807) is 13.8 Å². The first-order valence-electron chi connectivity index (χ1n) is 12.4. The molecule has 10 N–H and O–H groups in total. The highest BCUT2D eigenvalue weighted by atomic mass is 16.4. The van der Waals surface area contributed by atoms with Gasteiger partial charge in [0.1, 0.15) is 29.9 Å². The molecule has 0 heterocycles. The molecule has 0 aliphatic carbocycles. The van der Waals surface area contributed by atoms with Crippen molar-refractivity contribution in [2.24, 2.45) is 11.7 Å². The number of rotatable bonds is 16. The second-order valence-corrected chi connectivity index (χ2v) is 9.59. The van der Waals surface area contributed by atoms with E-state index in [0.29, 0.717) is 5.56 Å². The molecule has 0 radical (unpaired) electrons. The van der Waals surface area contributed by atoms with Gasteiger partial charge in [0.05, 0.1) is 18.9 Å². The topological polar surface area (TPSA) is 275 Å². The molecule has 1 aromatic rings. The Morgan fingerprint density at radius 1 is 0.707 bits per heavy atom. The summed E-state index contributed by atoms with van der Waals surface area (Å²) in [7, 11) is 0. The molecule has 0 spiro atoms. The number of benzene rings is 1. The summed E-state index contributed by atoms with van der Waals surface area (Å²) in [6.07, 6.45) is -1.75. The van der Waals surface area contributed by atoms with Gasteiger partial charge in [-0.05, 0) is 30.5 Å². The molecular formula is C25H35N5O11. The van der Waals surface area contributed by atoms with E-state index >= 15 is 0 Å². The normalized spacial score (nSPS) is 14.5. The fraction of sp³-hybridized carbons (Fsp3) is 0.480. The lowest BCUT2D eigenvalue weighted by atomic mass is 10.0. The van der Waals surface area contributed by atoms with Gasteiger partial charge in [-0.15, -0.1) is 0 Å². The maximum Gasteiger partial charge on any atom is 0.326 e. The van der Waals surface area contributed by atoms with E-state index in [2.05, 4.69) is 21.3 Å². The van der Waals surface area contributed by atoms with Crippen molar-refractivity contribution < 1.29 is 54.0 Å². The lowest BCUT2D eigenvalue weighted by molar-refractivity contribution is -0.143. The summed E-state index contributed by atoms with van der Waals surface area (Å²) in [5.41, 5.74) is 5.94. The van der Waals surface area contributed by atoms with E-state index in [0.717, 1.165) is 0 Å². The second-order valence-electron chi connectivity index (χ2n) is 9.59. The number of nitrogens with two attached hydrogens (primary N) is 1. The van der Waals surface area contributed by atoms with Crippen LogP contribution in [0.3, 0.4) is 0 Å². The highest BCUT2D eigenvalue weighted by Gasteiger charge is 2.33. The number of phenolic OH excluding ortho intramolecular Hbond substituents is 1. The van der Waals surface area contributed by atoms with Gasteiger partial charge < -0.3 is 47.4 Å². The van der Waals surface area contributed by atoms with Crippen LogP contribution >= 0.6 is 0 Å². The van der Waals surface area contributed by atoms with E-state index < -0.39 is 90.5 Å². The predicted octanol–water partition coefficient (Wildman–Crippen LogP) is -2.09. The smallest absolute Gasteiger partial charge is 0.326 e. The number of amides is 4. The van der Waals surface area contributed by atoms with E-state index in [-0.39, 0.29) is 12.2 Å². The van der Waals surface area contributed by atoms with Gasteiger partial charge in [0, 0.05) is 6.42 Å². The van der Waals surface area contributed by atoms with Gasteiger partial charge in [-0.2, -0.15) is 0 Å². The Morgan fingerprint density at radius 3 is 1.73 bits per heavy atom. The van der Waals surface area contributed by atoms with Gasteiger partial charge in [0.25, 0.3) is 0 Å². The summed E-state index contributed by atoms with van der Waals surface area (Å²) < 4.78 is 0. The Hall–Kier alpha value is -4.73. The molecule has 226 valence electrons. The number of hydrogen-bond acceptors (Lipinski definition) is 9. The Labute approximate surface area is 234 Å². The van der Waals surface area contributed by atoms with Crippen molar-refractivity contribution in [3.8, 4) is 5.75 Å². The minimum atomic E-state index is -1.70. The van der Waals surface area contributed by atoms with E-state index in [9.17, 15) is 48.9 Å². The zero-order valence-electron chi connectivity index (χ0n) is 22.6. The zero-order chi connectivity index (χ0) is 31.4. The van der Waals surface area contributed by atoms with E-state index in [1.807, 2.05) is 0 Å². The molecule has 4 amide bonds. The lowest BCUT2D eigenvalue weighted by Gasteiger charge is -2.27. The Balaban J connectivity index is 2.97. The Bertz CT molecular complexity index is 1140. The number of aliphatic carboxylic acids is 3. The molecule has 1 rings (SSSR count). The van der Waals surface area contributed by atoms with Crippen molar-refractivity contribution in [1.82, 2.24) is 21.3 Å². The molecule has 0 bridgehead atoms. The Morgan fingerprint density at radius 2 is 1.24 bits per heavy atom. The first kappa shape index (κ1) is 34.3. The van der Waals surface area contributed by atoms with Crippen LogP contribution in [0.2, 0.25) is 0 Å². The van der Waals surface area contributed by atoms with Crippen molar-refractivity contribution in [3.63, 3.8) is 0 Å². The van der Waals surface area contributed by atoms with Crippen LogP contribution in [0.15, 0.2) is 24.3 Å². The molecule has 0 aliphatic rings. The molecule has 0 unspecified atom stereocenters. The third kappa shape index (κ3) is 11.9. The van der Waals surface area contributed by atoms with Crippen LogP contribution in [-0.4, -0.2) is 92.2 Å². The van der Waals surface area contributed by atoms with Crippen LogP contribution in [0.1, 0.15) is 39.2 Å². The number of carboxylic acids is 3. The second kappa shape index (κ2) is 15.8. The van der Waals surface area contributed by atoms with Crippen LogP contribution in [0.25, 0.3) is 0 Å². The van der Waals surface area contributed by atoms with E-state index in [4.69, 9.17) is 10.8 Å². The first-order valence-corrected chi connectivity index (χ1v) is 12.4. The van der Waals surface area contributed by atoms with Gasteiger partial charge in [0.2, 0.25) is 23.6 Å². The summed E-state index contributed by atoms with van der Waals surface area (Å²) in [6.45, 7) is 4.28. The molecular weight excluding hydrogens is 546 g/mol. The number of carboxylic acid groups (broad SMARTS) is 3. The average Bonchev–Trinajstić information content (AvgIpc) is 2.86. The highest BCUT2D eigenvalue weighted by Crippen LogP contribution is 2.12. The summed E-state index contributed by atoms with van der Waals surface area (Å²) in [6, 6.07) is -1.60. The number of carbonyl (C=O) groups excluding carboxylic acids is 4. The van der Waals surface area contributed by atoms with Crippen molar-refractivity contribution in [2.75, 3.05) is 0 Å². The van der Waals surface area contributed by atoms with Crippen molar-refractivity contribution >= 4 is 41.5 Å². The minimum Gasteiger partial charge on any atom is -0.508 e. The number of phenols is 1. The molecule has 16 nitrogen and oxygen atoms in total. The molecule has 16 heteroatoms. The number of hydrogen-bond donors (Lipinski definition) is 9. The Kier molecular flexibility index (Phi) is 13.2. The third-order valence-corrected chi connectivity index (χ3v) is 5.73. The van der Waals surface area contributed by atoms with E-state index in [1.165, 1.54) is 31.2 Å². The third-order valence-electron chi connectivity index (χ3n) is 5.73. The molecule has 0 aliphatic heterocycles. The van der Waals surface area contributed by atoms with Gasteiger partial charge >= 0.3 is 17.9 Å². The lowest BCUT2D eigenvalue weighted by Crippen LogP contribution is -2.59.